The summed E-state index contributed by atoms with van der Waals surface area (Å²) in [5.74, 6) is -0.128. The maximum absolute atomic E-state index is 13.2. The van der Waals surface area contributed by atoms with Crippen molar-refractivity contribution in [1.29, 1.82) is 5.26 Å². The molecule has 2 aromatic rings. The maximum Gasteiger partial charge on any atom is 0.295 e. The Hall–Kier alpha value is -2.22. The van der Waals surface area contributed by atoms with E-state index in [0.717, 1.165) is 25.7 Å². The molecule has 1 saturated carbocycles. The third-order valence-corrected chi connectivity index (χ3v) is 5.50. The van der Waals surface area contributed by atoms with Gasteiger partial charge in [-0.1, -0.05) is 0 Å². The molecule has 3 N–H and O–H groups in total. The van der Waals surface area contributed by atoms with Crippen LogP contribution in [0.1, 0.15) is 25.7 Å². The largest absolute Gasteiger partial charge is 0.423 e. The molecule has 1 aliphatic rings. The number of halogens is 1. The van der Waals surface area contributed by atoms with Crippen LogP contribution < -0.4 is 14.8 Å². The highest BCUT2D eigenvalue weighted by Gasteiger charge is 2.23. The first-order valence-corrected chi connectivity index (χ1v) is 9.87. The van der Waals surface area contributed by atoms with Gasteiger partial charge in [0.1, 0.15) is 11.3 Å². The first kappa shape index (κ1) is 18.6. The molecule has 140 valence electrons. The normalized spacial score (nSPS) is 20.8. The fourth-order valence-corrected chi connectivity index (χ4v) is 3.86. The Labute approximate surface area is 151 Å². The molecule has 8 nitrogen and oxygen atoms in total. The first-order valence-electron chi connectivity index (χ1n) is 8.39. The van der Waals surface area contributed by atoms with Crippen LogP contribution in [0.5, 0.6) is 0 Å². The lowest BCUT2D eigenvalue weighted by Gasteiger charge is -2.28. The van der Waals surface area contributed by atoms with Gasteiger partial charge in [-0.05, 0) is 43.7 Å². The van der Waals surface area contributed by atoms with Crippen LogP contribution in [0.2, 0.25) is 0 Å². The Balaban J connectivity index is 1.47. The zero-order valence-corrected chi connectivity index (χ0v) is 14.9. The second-order valence-corrected chi connectivity index (χ2v) is 7.91. The van der Waals surface area contributed by atoms with Crippen molar-refractivity contribution in [3.8, 4) is 6.07 Å². The van der Waals surface area contributed by atoms with Gasteiger partial charge in [0.2, 0.25) is 0 Å². The van der Waals surface area contributed by atoms with Crippen molar-refractivity contribution >= 4 is 27.3 Å². The number of nitrogens with zero attached hydrogens (tertiary/aromatic N) is 2. The highest BCUT2D eigenvalue weighted by Crippen LogP contribution is 2.27. The summed E-state index contributed by atoms with van der Waals surface area (Å²) in [6.07, 6.45) is 3.41. The molecule has 1 heterocycles. The fourth-order valence-electron chi connectivity index (χ4n) is 3.05. The summed E-state index contributed by atoms with van der Waals surface area (Å²) in [7, 11) is -3.62. The highest BCUT2D eigenvalue weighted by molar-refractivity contribution is 7.87. The number of oxazole rings is 1. The summed E-state index contributed by atoms with van der Waals surface area (Å²) < 4.78 is 46.6. The lowest BCUT2D eigenvalue weighted by molar-refractivity contribution is 0.334. The fraction of sp³-hybridized carbons (Fsp3) is 0.500. The molecule has 1 aliphatic carbocycles. The van der Waals surface area contributed by atoms with Crippen molar-refractivity contribution in [2.75, 3.05) is 18.4 Å². The minimum Gasteiger partial charge on any atom is -0.423 e. The van der Waals surface area contributed by atoms with Crippen molar-refractivity contribution < 1.29 is 17.2 Å². The molecule has 3 rings (SSSR count). The first-order chi connectivity index (χ1) is 12.4. The van der Waals surface area contributed by atoms with Crippen LogP contribution in [0.3, 0.4) is 0 Å². The molecule has 0 radical (unpaired) electrons. The Morgan fingerprint density at radius 3 is 2.77 bits per heavy atom. The molecule has 0 unspecified atom stereocenters. The SMILES string of the molecule is N#CCNS(=O)(=O)NCC1CCC(Nc2nc3ccc(F)cc3o2)CC1. The van der Waals surface area contributed by atoms with Gasteiger partial charge < -0.3 is 9.73 Å². The van der Waals surface area contributed by atoms with Gasteiger partial charge in [-0.3, -0.25) is 0 Å². The van der Waals surface area contributed by atoms with Crippen molar-refractivity contribution in [2.45, 2.75) is 31.7 Å². The van der Waals surface area contributed by atoms with Gasteiger partial charge in [0.25, 0.3) is 16.2 Å². The summed E-state index contributed by atoms with van der Waals surface area (Å²) >= 11 is 0. The molecule has 26 heavy (non-hydrogen) atoms. The zero-order chi connectivity index (χ0) is 18.6. The molecule has 0 spiro atoms. The van der Waals surface area contributed by atoms with Gasteiger partial charge in [-0.15, -0.1) is 0 Å². The van der Waals surface area contributed by atoms with Gasteiger partial charge in [0, 0.05) is 18.7 Å². The topological polar surface area (TPSA) is 120 Å². The molecule has 0 atom stereocenters. The Morgan fingerprint density at radius 2 is 2.04 bits per heavy atom. The van der Waals surface area contributed by atoms with Gasteiger partial charge in [0.05, 0.1) is 12.6 Å². The lowest BCUT2D eigenvalue weighted by atomic mass is 9.86. The lowest BCUT2D eigenvalue weighted by Crippen LogP contribution is -2.40. The van der Waals surface area contributed by atoms with E-state index in [1.807, 2.05) is 0 Å². The minimum atomic E-state index is -3.62. The Kier molecular flexibility index (Phi) is 5.70. The molecule has 1 aromatic carbocycles. The smallest absolute Gasteiger partial charge is 0.295 e. The van der Waals surface area contributed by atoms with Gasteiger partial charge in [0.15, 0.2) is 5.58 Å². The zero-order valence-electron chi connectivity index (χ0n) is 14.0. The maximum atomic E-state index is 13.2. The quantitative estimate of drug-likeness (QED) is 0.630. The molecule has 10 heteroatoms. The molecule has 0 saturated heterocycles. The number of nitriles is 1. The minimum absolute atomic E-state index is 0.178. The van der Waals surface area contributed by atoms with Crippen LogP contribution >= 0.6 is 0 Å². The van der Waals surface area contributed by atoms with E-state index < -0.39 is 10.2 Å². The van der Waals surface area contributed by atoms with Crippen molar-refractivity contribution in [1.82, 2.24) is 14.4 Å². The number of hydrogen-bond donors (Lipinski definition) is 3. The second kappa shape index (κ2) is 7.99. The molecule has 0 bridgehead atoms. The predicted octanol–water partition coefficient (Wildman–Crippen LogP) is 1.89. The average molecular weight is 381 g/mol. The third-order valence-electron chi connectivity index (χ3n) is 4.43. The van der Waals surface area contributed by atoms with Crippen molar-refractivity contribution in [3.05, 3.63) is 24.0 Å². The van der Waals surface area contributed by atoms with Crippen LogP contribution in [-0.4, -0.2) is 32.5 Å². The van der Waals surface area contributed by atoms with Crippen LogP contribution in [0.15, 0.2) is 22.6 Å². The molecule has 0 amide bonds. The Morgan fingerprint density at radius 1 is 1.27 bits per heavy atom. The van der Waals surface area contributed by atoms with Crippen molar-refractivity contribution in [3.63, 3.8) is 0 Å². The number of aromatic nitrogens is 1. The summed E-state index contributed by atoms with van der Waals surface area (Å²) in [6.45, 7) is 0.0933. The standard InChI is InChI=1S/C16H20FN5O3S/c17-12-3-6-14-15(9-12)25-16(22-14)21-13-4-1-11(2-5-13)10-20-26(23,24)19-8-7-18/h3,6,9,11,13,19-20H,1-2,4-5,8,10H2,(H,21,22). The van der Waals surface area contributed by atoms with Gasteiger partial charge in [-0.25, -0.2) is 9.11 Å². The van der Waals surface area contributed by atoms with E-state index in [9.17, 15) is 12.8 Å². The number of anilines is 1. The molecular weight excluding hydrogens is 361 g/mol. The van der Waals surface area contributed by atoms with Gasteiger partial charge in [-0.2, -0.15) is 23.4 Å². The van der Waals surface area contributed by atoms with Crippen LogP contribution in [-0.2, 0) is 10.2 Å². The number of benzene rings is 1. The molecule has 1 aromatic heterocycles. The van der Waals surface area contributed by atoms with E-state index in [4.69, 9.17) is 9.68 Å². The number of nitrogens with one attached hydrogen (secondary N) is 3. The van der Waals surface area contributed by atoms with Crippen LogP contribution in [0.25, 0.3) is 11.1 Å². The summed E-state index contributed by atoms with van der Waals surface area (Å²) in [5, 5.41) is 11.6. The molecule has 1 fully saturated rings. The van der Waals surface area contributed by atoms with Crippen molar-refractivity contribution in [2.24, 2.45) is 5.92 Å². The number of fused-ring (bicyclic) bond motifs is 1. The second-order valence-electron chi connectivity index (χ2n) is 6.32. The third kappa shape index (κ3) is 4.91. The van der Waals surface area contributed by atoms with E-state index >= 15 is 0 Å². The Bertz CT molecular complexity index is 900. The van der Waals surface area contributed by atoms with E-state index in [-0.39, 0.29) is 24.3 Å². The molecular formula is C16H20FN5O3S. The number of hydrogen-bond acceptors (Lipinski definition) is 6. The average Bonchev–Trinajstić information content (AvgIpc) is 3.01. The predicted molar refractivity (Wildman–Crippen MR) is 93.9 cm³/mol. The summed E-state index contributed by atoms with van der Waals surface area (Å²) in [6, 6.07) is 6.49. The van der Waals surface area contributed by atoms with Gasteiger partial charge >= 0.3 is 0 Å². The molecule has 0 aliphatic heterocycles. The van der Waals surface area contributed by atoms with E-state index in [2.05, 4.69) is 19.7 Å². The van der Waals surface area contributed by atoms with E-state index in [1.54, 1.807) is 12.1 Å². The highest BCUT2D eigenvalue weighted by atomic mass is 32.2. The van der Waals surface area contributed by atoms with E-state index in [0.29, 0.717) is 23.7 Å². The van der Waals surface area contributed by atoms with Crippen LogP contribution in [0.4, 0.5) is 10.4 Å². The monoisotopic (exact) mass is 381 g/mol. The van der Waals surface area contributed by atoms with Crippen LogP contribution in [0, 0.1) is 23.1 Å². The van der Waals surface area contributed by atoms with E-state index in [1.165, 1.54) is 12.1 Å². The number of rotatable bonds is 7. The summed E-state index contributed by atoms with van der Waals surface area (Å²) in [5.41, 5.74) is 1.00. The summed E-state index contributed by atoms with van der Waals surface area (Å²) in [4.78, 5) is 4.29.